The average Bonchev–Trinajstić information content (AvgIpc) is 2.86. The van der Waals surface area contributed by atoms with Crippen LogP contribution in [-0.2, 0) is 0 Å². The Labute approximate surface area is 203 Å². The number of hydrogen-bond acceptors (Lipinski definition) is 5. The molecule has 2 heterocycles. The molecule has 0 aliphatic carbocycles. The average molecular weight is 481 g/mol. The van der Waals surface area contributed by atoms with Crippen LogP contribution in [0.5, 0.6) is 0 Å². The van der Waals surface area contributed by atoms with Crippen LogP contribution in [0.3, 0.4) is 0 Å². The lowest BCUT2D eigenvalue weighted by atomic mass is 9.89. The molecule has 8 heteroatoms. The maximum Gasteiger partial charge on any atom is 0.258 e. The lowest BCUT2D eigenvalue weighted by molar-refractivity contribution is 0.0841. The summed E-state index contributed by atoms with van der Waals surface area (Å²) in [5.74, 6) is -0.507. The van der Waals surface area contributed by atoms with Crippen LogP contribution in [0.2, 0.25) is 5.15 Å². The van der Waals surface area contributed by atoms with Crippen LogP contribution in [0.15, 0.2) is 66.9 Å². The molecule has 2 aromatic carbocycles. The summed E-state index contributed by atoms with van der Waals surface area (Å²) in [4.78, 5) is 34.1. The fourth-order valence-electron chi connectivity index (χ4n) is 4.17. The highest BCUT2D eigenvalue weighted by Crippen LogP contribution is 2.23. The number of amides is 1. The first-order valence-electron chi connectivity index (χ1n) is 11.2. The van der Waals surface area contributed by atoms with Crippen LogP contribution in [0.1, 0.15) is 33.6 Å². The number of likely N-dealkylation sites (tertiary alicyclic amines) is 1. The number of piperidine rings is 1. The van der Waals surface area contributed by atoms with Crippen molar-refractivity contribution in [2.75, 3.05) is 36.8 Å². The van der Waals surface area contributed by atoms with E-state index in [1.165, 1.54) is 12.1 Å². The summed E-state index contributed by atoms with van der Waals surface area (Å²) in [5, 5.41) is 0.358. The topological polar surface area (TPSA) is 79.5 Å². The van der Waals surface area contributed by atoms with Gasteiger partial charge in [-0.1, -0.05) is 11.6 Å². The Kier molecular flexibility index (Phi) is 7.55. The standard InChI is InChI=1S/C26H26ClFN4O2/c27-24-10-9-23(17-30-24)32(26(34)20-3-7-22(29)8-4-20)16-15-31-13-11-19(12-14-31)25(33)18-1-5-21(28)6-2-18/h1-10,17,19H,11-16,29H2. The zero-order chi connectivity index (χ0) is 24.1. The summed E-state index contributed by atoms with van der Waals surface area (Å²) < 4.78 is 13.2. The first kappa shape index (κ1) is 23.9. The predicted octanol–water partition coefficient (Wildman–Crippen LogP) is 4.70. The second-order valence-corrected chi connectivity index (χ2v) is 8.79. The summed E-state index contributed by atoms with van der Waals surface area (Å²) in [6.45, 7) is 2.62. The van der Waals surface area contributed by atoms with Crippen molar-refractivity contribution in [3.05, 3.63) is 89.0 Å². The van der Waals surface area contributed by atoms with Gasteiger partial charge in [-0.05, 0) is 86.6 Å². The predicted molar refractivity (Wildman–Crippen MR) is 132 cm³/mol. The number of halogens is 2. The van der Waals surface area contributed by atoms with Crippen molar-refractivity contribution in [1.29, 1.82) is 0 Å². The number of ketones is 1. The second kappa shape index (κ2) is 10.8. The fourth-order valence-corrected chi connectivity index (χ4v) is 4.28. The lowest BCUT2D eigenvalue weighted by Gasteiger charge is -2.33. The number of nitrogen functional groups attached to an aromatic ring is 1. The van der Waals surface area contributed by atoms with Gasteiger partial charge in [0.25, 0.3) is 5.91 Å². The number of carbonyl (C=O) groups is 2. The van der Waals surface area contributed by atoms with Gasteiger partial charge in [-0.2, -0.15) is 0 Å². The van der Waals surface area contributed by atoms with Crippen LogP contribution >= 0.6 is 11.6 Å². The van der Waals surface area contributed by atoms with Gasteiger partial charge in [0, 0.05) is 35.8 Å². The van der Waals surface area contributed by atoms with E-state index in [0.717, 1.165) is 25.9 Å². The van der Waals surface area contributed by atoms with Crippen molar-refractivity contribution in [2.24, 2.45) is 5.92 Å². The highest BCUT2D eigenvalue weighted by atomic mass is 35.5. The van der Waals surface area contributed by atoms with Crippen molar-refractivity contribution in [1.82, 2.24) is 9.88 Å². The molecule has 176 valence electrons. The highest BCUT2D eigenvalue weighted by molar-refractivity contribution is 6.29. The maximum absolute atomic E-state index is 13.3. The Bertz CT molecular complexity index is 1130. The Hall–Kier alpha value is -3.29. The fraction of sp³-hybridized carbons (Fsp3) is 0.269. The van der Waals surface area contributed by atoms with Crippen molar-refractivity contribution < 1.29 is 14.0 Å². The number of carbonyl (C=O) groups excluding carboxylic acids is 2. The number of aromatic nitrogens is 1. The minimum atomic E-state index is -0.347. The number of nitrogens with two attached hydrogens (primary N) is 1. The van der Waals surface area contributed by atoms with Gasteiger partial charge in [-0.25, -0.2) is 9.37 Å². The van der Waals surface area contributed by atoms with Crippen molar-refractivity contribution in [2.45, 2.75) is 12.8 Å². The number of rotatable bonds is 7. The minimum absolute atomic E-state index is 0.0621. The van der Waals surface area contributed by atoms with Gasteiger partial charge in [-0.15, -0.1) is 0 Å². The van der Waals surface area contributed by atoms with E-state index in [9.17, 15) is 14.0 Å². The molecule has 0 bridgehead atoms. The molecule has 1 fully saturated rings. The van der Waals surface area contributed by atoms with E-state index in [-0.39, 0.29) is 23.4 Å². The molecule has 3 aromatic rings. The number of hydrogen-bond donors (Lipinski definition) is 1. The van der Waals surface area contributed by atoms with Crippen molar-refractivity contribution in [3.63, 3.8) is 0 Å². The van der Waals surface area contributed by atoms with Crippen LogP contribution in [0.25, 0.3) is 0 Å². The summed E-state index contributed by atoms with van der Waals surface area (Å²) in [6, 6.07) is 16.0. The van der Waals surface area contributed by atoms with Gasteiger partial charge in [0.1, 0.15) is 11.0 Å². The van der Waals surface area contributed by atoms with Gasteiger partial charge in [0.2, 0.25) is 0 Å². The third-order valence-electron chi connectivity index (χ3n) is 6.15. The first-order valence-corrected chi connectivity index (χ1v) is 11.6. The number of pyridine rings is 1. The molecule has 1 aromatic heterocycles. The molecule has 1 amide bonds. The number of anilines is 2. The van der Waals surface area contributed by atoms with E-state index in [1.807, 2.05) is 0 Å². The summed E-state index contributed by atoms with van der Waals surface area (Å²) in [5.41, 5.74) is 8.10. The monoisotopic (exact) mass is 480 g/mol. The van der Waals surface area contributed by atoms with Gasteiger partial charge in [-0.3, -0.25) is 9.59 Å². The minimum Gasteiger partial charge on any atom is -0.399 e. The largest absolute Gasteiger partial charge is 0.399 e. The van der Waals surface area contributed by atoms with Gasteiger partial charge < -0.3 is 15.5 Å². The molecule has 1 aliphatic rings. The van der Waals surface area contributed by atoms with E-state index in [1.54, 1.807) is 59.6 Å². The lowest BCUT2D eigenvalue weighted by Crippen LogP contribution is -2.43. The molecule has 34 heavy (non-hydrogen) atoms. The molecule has 2 N–H and O–H groups in total. The molecular formula is C26H26ClFN4O2. The molecule has 0 radical (unpaired) electrons. The zero-order valence-electron chi connectivity index (χ0n) is 18.7. The quantitative estimate of drug-likeness (QED) is 0.301. The van der Waals surface area contributed by atoms with Crippen LogP contribution in [0.4, 0.5) is 15.8 Å². The van der Waals surface area contributed by atoms with Gasteiger partial charge >= 0.3 is 0 Å². The Morgan fingerprint density at radius 2 is 1.65 bits per heavy atom. The third-order valence-corrected chi connectivity index (χ3v) is 6.38. The Balaban J connectivity index is 1.39. The molecule has 4 rings (SSSR count). The van der Waals surface area contributed by atoms with Crippen LogP contribution < -0.4 is 10.6 Å². The second-order valence-electron chi connectivity index (χ2n) is 8.40. The number of nitrogens with zero attached hydrogens (tertiary/aromatic N) is 3. The molecule has 0 unspecified atom stereocenters. The van der Waals surface area contributed by atoms with E-state index >= 15 is 0 Å². The molecule has 1 saturated heterocycles. The van der Waals surface area contributed by atoms with E-state index in [2.05, 4.69) is 9.88 Å². The summed E-state index contributed by atoms with van der Waals surface area (Å²) in [6.07, 6.45) is 3.04. The molecule has 1 aliphatic heterocycles. The van der Waals surface area contributed by atoms with Crippen LogP contribution in [-0.4, -0.2) is 47.8 Å². The van der Waals surface area contributed by atoms with E-state index in [4.69, 9.17) is 17.3 Å². The molecule has 6 nitrogen and oxygen atoms in total. The smallest absolute Gasteiger partial charge is 0.258 e. The van der Waals surface area contributed by atoms with Crippen molar-refractivity contribution in [3.8, 4) is 0 Å². The van der Waals surface area contributed by atoms with Crippen LogP contribution in [0, 0.1) is 11.7 Å². The third kappa shape index (κ3) is 5.79. The molecule has 0 spiro atoms. The van der Waals surface area contributed by atoms with Crippen molar-refractivity contribution >= 4 is 34.7 Å². The number of Topliss-reactive ketones (excluding diaryl/α,β-unsaturated/α-hetero) is 1. The normalized spacial score (nSPS) is 14.6. The Morgan fingerprint density at radius 3 is 2.26 bits per heavy atom. The highest BCUT2D eigenvalue weighted by Gasteiger charge is 2.27. The van der Waals surface area contributed by atoms with Gasteiger partial charge in [0.05, 0.1) is 11.9 Å². The zero-order valence-corrected chi connectivity index (χ0v) is 19.4. The maximum atomic E-state index is 13.3. The van der Waals surface area contributed by atoms with E-state index < -0.39 is 0 Å². The Morgan fingerprint density at radius 1 is 1.00 bits per heavy atom. The first-order chi connectivity index (χ1) is 16.4. The summed E-state index contributed by atoms with van der Waals surface area (Å²) >= 11 is 5.94. The summed E-state index contributed by atoms with van der Waals surface area (Å²) in [7, 11) is 0. The van der Waals surface area contributed by atoms with Gasteiger partial charge in [0.15, 0.2) is 5.78 Å². The SMILES string of the molecule is Nc1ccc(C(=O)N(CCN2CCC(C(=O)c3ccc(F)cc3)CC2)c2ccc(Cl)nc2)cc1. The number of benzene rings is 2. The molecular weight excluding hydrogens is 455 g/mol. The molecule has 0 saturated carbocycles. The molecule has 0 atom stereocenters. The van der Waals surface area contributed by atoms with E-state index in [0.29, 0.717) is 40.7 Å².